The predicted molar refractivity (Wildman–Crippen MR) is 145 cm³/mol. The average molecular weight is 499 g/mol. The van der Waals surface area contributed by atoms with Gasteiger partial charge in [0.05, 0.1) is 10.2 Å². The fourth-order valence-corrected chi connectivity index (χ4v) is 4.71. The molecule has 0 aliphatic heterocycles. The highest BCUT2D eigenvalue weighted by Gasteiger charge is 2.10. The highest BCUT2D eigenvalue weighted by Crippen LogP contribution is 2.21. The number of esters is 1. The van der Waals surface area contributed by atoms with Gasteiger partial charge in [-0.3, -0.25) is 4.79 Å². The molecule has 6 nitrogen and oxygen atoms in total. The molecule has 0 bridgehead atoms. The van der Waals surface area contributed by atoms with Gasteiger partial charge < -0.3 is 9.64 Å². The van der Waals surface area contributed by atoms with Gasteiger partial charge in [-0.05, 0) is 60.9 Å². The number of hydrogen-bond donors (Lipinski definition) is 0. The SMILES string of the molecule is CCCCN(CCCC)c1ccc(/C=c2/sc(=C(C#N)C#N)nc2-c2ccc(OC(C)=O)cc2)cc1. The van der Waals surface area contributed by atoms with Crippen LogP contribution >= 0.6 is 11.3 Å². The van der Waals surface area contributed by atoms with Crippen LogP contribution < -0.4 is 18.8 Å². The Morgan fingerprint density at radius 1 is 1.00 bits per heavy atom. The Morgan fingerprint density at radius 3 is 2.14 bits per heavy atom. The highest BCUT2D eigenvalue weighted by molar-refractivity contribution is 7.08. The first-order chi connectivity index (χ1) is 17.5. The minimum atomic E-state index is -0.388. The molecule has 1 heterocycles. The Hall–Kier alpha value is -3.94. The number of hydrogen-bond acceptors (Lipinski definition) is 7. The van der Waals surface area contributed by atoms with Gasteiger partial charge in [0.15, 0.2) is 5.57 Å². The largest absolute Gasteiger partial charge is 0.427 e. The number of benzene rings is 2. The fourth-order valence-electron chi connectivity index (χ4n) is 3.71. The van der Waals surface area contributed by atoms with E-state index < -0.39 is 0 Å². The third-order valence-corrected chi connectivity index (χ3v) is 6.62. The summed E-state index contributed by atoms with van der Waals surface area (Å²) in [5, 5.41) is 18.7. The lowest BCUT2D eigenvalue weighted by molar-refractivity contribution is -0.131. The van der Waals surface area contributed by atoms with E-state index in [1.54, 1.807) is 12.1 Å². The quantitative estimate of drug-likeness (QED) is 0.283. The van der Waals surface area contributed by atoms with Crippen molar-refractivity contribution in [3.05, 3.63) is 63.3 Å². The number of nitriles is 2. The number of carbonyl (C=O) groups is 1. The van der Waals surface area contributed by atoms with E-state index in [2.05, 4.69) is 48.0 Å². The normalized spacial score (nSPS) is 11.0. The van der Waals surface area contributed by atoms with Crippen molar-refractivity contribution < 1.29 is 9.53 Å². The zero-order chi connectivity index (χ0) is 25.9. The molecule has 7 heteroatoms. The molecular weight excluding hydrogens is 468 g/mol. The van der Waals surface area contributed by atoms with Gasteiger partial charge in [0.2, 0.25) is 0 Å². The molecule has 0 saturated heterocycles. The van der Waals surface area contributed by atoms with E-state index in [0.29, 0.717) is 16.1 Å². The van der Waals surface area contributed by atoms with Crippen LogP contribution in [0.3, 0.4) is 0 Å². The van der Waals surface area contributed by atoms with Gasteiger partial charge in [-0.1, -0.05) is 38.8 Å². The maximum Gasteiger partial charge on any atom is 0.308 e. The van der Waals surface area contributed by atoms with Crippen LogP contribution in [-0.2, 0) is 4.79 Å². The monoisotopic (exact) mass is 498 g/mol. The Morgan fingerprint density at radius 2 is 1.61 bits per heavy atom. The van der Waals surface area contributed by atoms with Crippen molar-refractivity contribution in [2.24, 2.45) is 0 Å². The molecule has 0 unspecified atom stereocenters. The van der Waals surface area contributed by atoms with E-state index in [4.69, 9.17) is 4.74 Å². The molecule has 0 aliphatic carbocycles. The van der Waals surface area contributed by atoms with Crippen molar-refractivity contribution in [2.45, 2.75) is 46.5 Å². The number of thiazole rings is 1. The van der Waals surface area contributed by atoms with Crippen LogP contribution in [-0.4, -0.2) is 24.0 Å². The van der Waals surface area contributed by atoms with E-state index in [9.17, 15) is 15.3 Å². The number of unbranched alkanes of at least 4 members (excludes halogenated alkanes) is 2. The molecule has 0 spiro atoms. The predicted octanol–water partition coefficient (Wildman–Crippen LogP) is 5.17. The van der Waals surface area contributed by atoms with Gasteiger partial charge in [-0.25, -0.2) is 4.98 Å². The first-order valence-corrected chi connectivity index (χ1v) is 13.0. The molecule has 0 aliphatic rings. The Bertz CT molecular complexity index is 1350. The molecule has 2 aromatic carbocycles. The second-order valence-electron chi connectivity index (χ2n) is 8.38. The molecule has 3 rings (SSSR count). The number of nitrogens with zero attached hydrogens (tertiary/aromatic N) is 4. The number of rotatable bonds is 10. The van der Waals surface area contributed by atoms with E-state index in [1.807, 2.05) is 30.3 Å². The number of carbonyl (C=O) groups excluding carboxylic acids is 1. The van der Waals surface area contributed by atoms with Gasteiger partial charge >= 0.3 is 5.97 Å². The zero-order valence-corrected chi connectivity index (χ0v) is 21.8. The highest BCUT2D eigenvalue weighted by atomic mass is 32.1. The number of aromatic nitrogens is 1. The van der Waals surface area contributed by atoms with Crippen LogP contribution in [0.1, 0.15) is 52.0 Å². The van der Waals surface area contributed by atoms with Crippen molar-refractivity contribution >= 4 is 34.6 Å². The summed E-state index contributed by atoms with van der Waals surface area (Å²) < 4.78 is 6.35. The molecule has 1 aromatic heterocycles. The molecule has 36 heavy (non-hydrogen) atoms. The third kappa shape index (κ3) is 7.04. The topological polar surface area (TPSA) is 90.0 Å². The second-order valence-corrected chi connectivity index (χ2v) is 9.41. The standard InChI is InChI=1S/C29H30N4O2S/c1-4-6-16-33(17-7-5-2)25-12-8-22(9-13-25)18-27-28(32-29(36-27)24(19-30)20-31)23-10-14-26(15-11-23)35-21(3)34/h8-15,18H,4-7,16-17H2,1-3H3/b27-18+. The summed E-state index contributed by atoms with van der Waals surface area (Å²) in [5.41, 5.74) is 3.68. The molecule has 184 valence electrons. The van der Waals surface area contributed by atoms with Crippen molar-refractivity contribution in [3.63, 3.8) is 0 Å². The summed E-state index contributed by atoms with van der Waals surface area (Å²) in [7, 11) is 0. The average Bonchev–Trinajstić information content (AvgIpc) is 3.29. The second kappa shape index (κ2) is 13.2. The van der Waals surface area contributed by atoms with E-state index in [-0.39, 0.29) is 11.5 Å². The molecule has 0 radical (unpaired) electrons. The Kier molecular flexibility index (Phi) is 9.80. The molecule has 0 saturated carbocycles. The van der Waals surface area contributed by atoms with Crippen molar-refractivity contribution in [1.82, 2.24) is 4.98 Å². The molecule has 0 N–H and O–H groups in total. The molecule has 0 atom stereocenters. The van der Waals surface area contributed by atoms with E-state index in [0.717, 1.165) is 54.4 Å². The summed E-state index contributed by atoms with van der Waals surface area (Å²) in [5.74, 6) is 0.0567. The van der Waals surface area contributed by atoms with Gasteiger partial charge in [0.25, 0.3) is 0 Å². The van der Waals surface area contributed by atoms with Crippen LogP contribution in [0.4, 0.5) is 5.69 Å². The Labute approximate surface area is 216 Å². The van der Waals surface area contributed by atoms with E-state index >= 15 is 0 Å². The van der Waals surface area contributed by atoms with Crippen LogP contribution in [0, 0.1) is 22.7 Å². The van der Waals surface area contributed by atoms with Crippen molar-refractivity contribution in [3.8, 4) is 29.1 Å². The fraction of sp³-hybridized carbons (Fsp3) is 0.310. The lowest BCUT2D eigenvalue weighted by atomic mass is 10.1. The van der Waals surface area contributed by atoms with Crippen molar-refractivity contribution in [2.75, 3.05) is 18.0 Å². The van der Waals surface area contributed by atoms with Gasteiger partial charge in [0, 0.05) is 31.3 Å². The molecule has 3 aromatic rings. The van der Waals surface area contributed by atoms with Crippen LogP contribution in [0.25, 0.3) is 22.9 Å². The van der Waals surface area contributed by atoms with Gasteiger partial charge in [-0.2, -0.15) is 10.5 Å². The first kappa shape index (κ1) is 26.7. The van der Waals surface area contributed by atoms with Crippen LogP contribution in [0.15, 0.2) is 48.5 Å². The van der Waals surface area contributed by atoms with Gasteiger partial charge in [-0.15, -0.1) is 11.3 Å². The third-order valence-electron chi connectivity index (χ3n) is 5.60. The lowest BCUT2D eigenvalue weighted by Gasteiger charge is -2.24. The number of anilines is 1. The number of ether oxygens (including phenoxy) is 1. The molecule has 0 amide bonds. The van der Waals surface area contributed by atoms with Crippen LogP contribution in [0.5, 0.6) is 5.75 Å². The smallest absolute Gasteiger partial charge is 0.308 e. The van der Waals surface area contributed by atoms with Crippen LogP contribution in [0.2, 0.25) is 0 Å². The van der Waals surface area contributed by atoms with E-state index in [1.165, 1.54) is 23.9 Å². The summed E-state index contributed by atoms with van der Waals surface area (Å²) in [6.07, 6.45) is 6.68. The maximum atomic E-state index is 11.2. The minimum absolute atomic E-state index is 0.0183. The first-order valence-electron chi connectivity index (χ1n) is 12.2. The minimum Gasteiger partial charge on any atom is -0.427 e. The molecule has 0 fully saturated rings. The summed E-state index contributed by atoms with van der Waals surface area (Å²) in [4.78, 5) is 18.3. The molecular formula is C29H30N4O2S. The lowest BCUT2D eigenvalue weighted by Crippen LogP contribution is -2.25. The summed E-state index contributed by atoms with van der Waals surface area (Å²) in [6, 6.07) is 19.4. The zero-order valence-electron chi connectivity index (χ0n) is 21.0. The summed E-state index contributed by atoms with van der Waals surface area (Å²) >= 11 is 1.31. The van der Waals surface area contributed by atoms with Gasteiger partial charge in [0.1, 0.15) is 22.6 Å². The maximum absolute atomic E-state index is 11.2. The summed E-state index contributed by atoms with van der Waals surface area (Å²) in [6.45, 7) is 7.87. The van der Waals surface area contributed by atoms with Crippen molar-refractivity contribution in [1.29, 1.82) is 10.5 Å². The Balaban J connectivity index is 2.02.